The molecule has 0 fully saturated rings. The second kappa shape index (κ2) is 5.70. The molecule has 3 heterocycles. The average molecular weight is 341 g/mol. The first-order chi connectivity index (χ1) is 11.5. The molecule has 1 atom stereocenters. The Bertz CT molecular complexity index is 936. The fourth-order valence-electron chi connectivity index (χ4n) is 3.19. The van der Waals surface area contributed by atoms with E-state index in [1.54, 1.807) is 30.4 Å². The van der Waals surface area contributed by atoms with Crippen molar-refractivity contribution in [2.24, 2.45) is 5.92 Å². The van der Waals surface area contributed by atoms with E-state index in [4.69, 9.17) is 4.74 Å². The number of aromatic nitrogens is 3. The number of rotatable bonds is 2. The largest absolute Gasteiger partial charge is 0.618 e. The van der Waals surface area contributed by atoms with Gasteiger partial charge < -0.3 is 9.94 Å². The summed E-state index contributed by atoms with van der Waals surface area (Å²) in [5, 5.41) is 12.8. The molecule has 5 nitrogen and oxygen atoms in total. The second-order valence-electron chi connectivity index (χ2n) is 6.54. The predicted molar refractivity (Wildman–Crippen MR) is 93.6 cm³/mol. The molecule has 0 aromatic carbocycles. The van der Waals surface area contributed by atoms with Gasteiger partial charge in [0.2, 0.25) is 12.1 Å². The first kappa shape index (κ1) is 15.3. The maximum absolute atomic E-state index is 11.8. The molecule has 3 aromatic rings. The highest BCUT2D eigenvalue weighted by Gasteiger charge is 2.24. The maximum atomic E-state index is 11.8. The van der Waals surface area contributed by atoms with Crippen molar-refractivity contribution in [1.82, 2.24) is 9.97 Å². The zero-order chi connectivity index (χ0) is 16.8. The minimum Gasteiger partial charge on any atom is -0.618 e. The van der Waals surface area contributed by atoms with Crippen LogP contribution < -0.4 is 9.47 Å². The van der Waals surface area contributed by atoms with Crippen LogP contribution in [-0.4, -0.2) is 9.97 Å². The second-order valence-corrected chi connectivity index (χ2v) is 7.63. The molecule has 0 aliphatic heterocycles. The molecular formula is C18H19N3O2S. The highest BCUT2D eigenvalue weighted by molar-refractivity contribution is 7.18. The molecule has 124 valence electrons. The van der Waals surface area contributed by atoms with E-state index in [1.807, 2.05) is 6.92 Å². The number of aryl methyl sites for hydroxylation is 3. The zero-order valence-corrected chi connectivity index (χ0v) is 14.8. The Kier molecular flexibility index (Phi) is 3.64. The van der Waals surface area contributed by atoms with Crippen LogP contribution in [0.5, 0.6) is 11.6 Å². The van der Waals surface area contributed by atoms with Gasteiger partial charge in [-0.1, -0.05) is 6.92 Å². The molecule has 4 rings (SSSR count). The van der Waals surface area contributed by atoms with E-state index >= 15 is 0 Å². The molecule has 0 saturated carbocycles. The Labute approximate surface area is 144 Å². The van der Waals surface area contributed by atoms with Gasteiger partial charge in [0.1, 0.15) is 10.7 Å². The molecule has 1 aliphatic carbocycles. The van der Waals surface area contributed by atoms with Crippen LogP contribution in [0.4, 0.5) is 0 Å². The number of hydrogen-bond donors (Lipinski definition) is 0. The Morgan fingerprint density at radius 1 is 1.29 bits per heavy atom. The van der Waals surface area contributed by atoms with E-state index in [2.05, 4.69) is 16.9 Å². The molecule has 0 spiro atoms. The Balaban J connectivity index is 1.83. The van der Waals surface area contributed by atoms with Gasteiger partial charge in [0, 0.05) is 17.9 Å². The monoisotopic (exact) mass is 341 g/mol. The third-order valence-corrected chi connectivity index (χ3v) is 5.68. The van der Waals surface area contributed by atoms with Crippen LogP contribution in [0.1, 0.15) is 35.3 Å². The molecule has 1 aliphatic rings. The number of pyridine rings is 1. The number of nitrogens with zero attached hydrogens (tertiary/aromatic N) is 3. The maximum Gasteiger partial charge on any atom is 0.231 e. The molecule has 0 bridgehead atoms. The Morgan fingerprint density at radius 2 is 2.12 bits per heavy atom. The van der Waals surface area contributed by atoms with Gasteiger partial charge in [-0.3, -0.25) is 0 Å². The molecule has 0 amide bonds. The summed E-state index contributed by atoms with van der Waals surface area (Å²) in [6.07, 6.45) is 4.76. The minimum absolute atomic E-state index is 0.499. The van der Waals surface area contributed by atoms with E-state index in [0.29, 0.717) is 29.1 Å². The number of ether oxygens (including phenoxy) is 1. The first-order valence-corrected chi connectivity index (χ1v) is 8.99. The SMILES string of the molecule is Cc1nc(Oc2ccc(C)[n+]([O-])c2)c2c3c(sc2n1)CC(C)CC3. The normalized spacial score (nSPS) is 17.0. The van der Waals surface area contributed by atoms with Crippen molar-refractivity contribution in [3.05, 3.63) is 45.5 Å². The lowest BCUT2D eigenvalue weighted by Crippen LogP contribution is -2.28. The van der Waals surface area contributed by atoms with Gasteiger partial charge in [0.15, 0.2) is 11.4 Å². The number of thiophene rings is 1. The van der Waals surface area contributed by atoms with E-state index < -0.39 is 0 Å². The third kappa shape index (κ3) is 2.60. The van der Waals surface area contributed by atoms with E-state index in [-0.39, 0.29) is 0 Å². The minimum atomic E-state index is 0.499. The van der Waals surface area contributed by atoms with Crippen molar-refractivity contribution in [2.45, 2.75) is 40.0 Å². The summed E-state index contributed by atoms with van der Waals surface area (Å²) in [7, 11) is 0. The summed E-state index contributed by atoms with van der Waals surface area (Å²) < 4.78 is 6.81. The Hall–Kier alpha value is -2.21. The topological polar surface area (TPSA) is 62.0 Å². The van der Waals surface area contributed by atoms with Crippen molar-refractivity contribution in [2.75, 3.05) is 0 Å². The van der Waals surface area contributed by atoms with E-state index in [1.165, 1.54) is 23.1 Å². The Morgan fingerprint density at radius 3 is 2.92 bits per heavy atom. The summed E-state index contributed by atoms with van der Waals surface area (Å²) in [4.78, 5) is 11.5. The van der Waals surface area contributed by atoms with Crippen LogP contribution in [0.2, 0.25) is 0 Å². The van der Waals surface area contributed by atoms with Crippen molar-refractivity contribution in [3.63, 3.8) is 0 Å². The van der Waals surface area contributed by atoms with Crippen molar-refractivity contribution in [1.29, 1.82) is 0 Å². The number of hydrogen-bond acceptors (Lipinski definition) is 5. The fraction of sp³-hybridized carbons (Fsp3) is 0.389. The van der Waals surface area contributed by atoms with Crippen LogP contribution >= 0.6 is 11.3 Å². The molecule has 0 radical (unpaired) electrons. The molecule has 0 N–H and O–H groups in total. The van der Waals surface area contributed by atoms with Crippen LogP contribution in [-0.2, 0) is 12.8 Å². The van der Waals surface area contributed by atoms with Crippen LogP contribution in [0.25, 0.3) is 10.2 Å². The fourth-order valence-corrected chi connectivity index (χ4v) is 4.61. The van der Waals surface area contributed by atoms with Crippen LogP contribution in [0, 0.1) is 25.0 Å². The lowest BCUT2D eigenvalue weighted by Gasteiger charge is -2.18. The van der Waals surface area contributed by atoms with Crippen LogP contribution in [0.15, 0.2) is 18.3 Å². The van der Waals surface area contributed by atoms with E-state index in [0.717, 1.165) is 27.8 Å². The van der Waals surface area contributed by atoms with Gasteiger partial charge in [-0.2, -0.15) is 9.71 Å². The first-order valence-electron chi connectivity index (χ1n) is 8.18. The quantitative estimate of drug-likeness (QED) is 0.524. The summed E-state index contributed by atoms with van der Waals surface area (Å²) in [5.41, 5.74) is 1.96. The standard InChI is InChI=1S/C18H19N3O2S/c1-10-4-7-14-15(8-10)24-18-16(14)17(19-12(3)20-18)23-13-6-5-11(2)21(22)9-13/h5-6,9-10H,4,7-8H2,1-3H3. The molecular weight excluding hydrogens is 322 g/mol. The van der Waals surface area contributed by atoms with Gasteiger partial charge in [-0.25, -0.2) is 4.98 Å². The van der Waals surface area contributed by atoms with Gasteiger partial charge in [0.25, 0.3) is 0 Å². The molecule has 6 heteroatoms. The third-order valence-electron chi connectivity index (χ3n) is 4.53. The van der Waals surface area contributed by atoms with Gasteiger partial charge in [-0.15, -0.1) is 11.3 Å². The van der Waals surface area contributed by atoms with E-state index in [9.17, 15) is 5.21 Å². The average Bonchev–Trinajstić information content (AvgIpc) is 2.87. The lowest BCUT2D eigenvalue weighted by atomic mass is 9.89. The summed E-state index contributed by atoms with van der Waals surface area (Å²) >= 11 is 1.75. The number of fused-ring (bicyclic) bond motifs is 3. The van der Waals surface area contributed by atoms with Crippen molar-refractivity contribution >= 4 is 21.6 Å². The summed E-state index contributed by atoms with van der Waals surface area (Å²) in [6.45, 7) is 5.93. The van der Waals surface area contributed by atoms with Gasteiger partial charge in [0.05, 0.1) is 5.39 Å². The highest BCUT2D eigenvalue weighted by Crippen LogP contribution is 2.41. The molecule has 1 unspecified atom stereocenters. The smallest absolute Gasteiger partial charge is 0.231 e. The zero-order valence-electron chi connectivity index (χ0n) is 14.0. The highest BCUT2D eigenvalue weighted by atomic mass is 32.1. The van der Waals surface area contributed by atoms with Gasteiger partial charge in [-0.05, 0) is 43.7 Å². The van der Waals surface area contributed by atoms with Crippen molar-refractivity contribution in [3.8, 4) is 11.6 Å². The summed E-state index contributed by atoms with van der Waals surface area (Å²) in [6, 6.07) is 3.55. The van der Waals surface area contributed by atoms with Crippen LogP contribution in [0.3, 0.4) is 0 Å². The van der Waals surface area contributed by atoms with Crippen molar-refractivity contribution < 1.29 is 9.47 Å². The molecule has 3 aromatic heterocycles. The lowest BCUT2D eigenvalue weighted by molar-refractivity contribution is -0.612. The molecule has 0 saturated heterocycles. The summed E-state index contributed by atoms with van der Waals surface area (Å²) in [5.74, 6) is 2.46. The van der Waals surface area contributed by atoms with Gasteiger partial charge >= 0.3 is 0 Å². The predicted octanol–water partition coefficient (Wildman–Crippen LogP) is 3.86. The molecule has 24 heavy (non-hydrogen) atoms.